The molecule has 2 amide bonds. The Bertz CT molecular complexity index is 1010. The summed E-state index contributed by atoms with van der Waals surface area (Å²) in [5, 5.41) is 2.55. The van der Waals surface area contributed by atoms with E-state index in [0.717, 1.165) is 26.2 Å². The van der Waals surface area contributed by atoms with E-state index in [1.807, 2.05) is 24.3 Å². The molecule has 2 aromatic rings. The first-order valence-electron chi connectivity index (χ1n) is 9.33. The van der Waals surface area contributed by atoms with Crippen molar-refractivity contribution in [3.8, 4) is 0 Å². The summed E-state index contributed by atoms with van der Waals surface area (Å²) in [6.07, 6.45) is 1.06. The molecule has 162 valence electrons. The number of carbonyl (C=O) groups is 2. The monoisotopic (exact) mass is 495 g/mol. The van der Waals surface area contributed by atoms with Crippen LogP contribution in [-0.2, 0) is 26.2 Å². The number of nitrogens with zero attached hydrogens (tertiary/aromatic N) is 2. The predicted molar refractivity (Wildman–Crippen MR) is 122 cm³/mol. The minimum Gasteiger partial charge on any atom is -0.357 e. The highest BCUT2D eigenvalue weighted by atomic mass is 79.9. The number of hydrogen-bond donors (Lipinski definition) is 1. The van der Waals surface area contributed by atoms with Crippen molar-refractivity contribution in [3.05, 3.63) is 64.1 Å². The second-order valence-electron chi connectivity index (χ2n) is 6.99. The van der Waals surface area contributed by atoms with Crippen LogP contribution in [0, 0.1) is 6.92 Å². The van der Waals surface area contributed by atoms with Crippen LogP contribution in [0.25, 0.3) is 0 Å². The van der Waals surface area contributed by atoms with Gasteiger partial charge in [0.05, 0.1) is 11.9 Å². The van der Waals surface area contributed by atoms with E-state index in [4.69, 9.17) is 0 Å². The van der Waals surface area contributed by atoms with Gasteiger partial charge in [-0.25, -0.2) is 8.42 Å². The third-order valence-electron chi connectivity index (χ3n) is 4.74. The summed E-state index contributed by atoms with van der Waals surface area (Å²) in [5.41, 5.74) is 1.99. The molecule has 0 aliphatic carbocycles. The zero-order chi connectivity index (χ0) is 22.5. The van der Waals surface area contributed by atoms with Crippen molar-refractivity contribution in [2.45, 2.75) is 26.4 Å². The standard InChI is InChI=1S/C21H26BrN3O4S/c1-15-7-5-6-8-19(15)25(30(4,28)29)14-20(26)24(16(2)21(27)23-3)13-17-9-11-18(22)12-10-17/h5-12,16H,13-14H2,1-4H3,(H,23,27). The maximum atomic E-state index is 13.2. The van der Waals surface area contributed by atoms with Gasteiger partial charge < -0.3 is 10.2 Å². The van der Waals surface area contributed by atoms with Gasteiger partial charge in [0, 0.05) is 18.1 Å². The first-order chi connectivity index (χ1) is 14.0. The zero-order valence-corrected chi connectivity index (χ0v) is 19.8. The van der Waals surface area contributed by atoms with Gasteiger partial charge in [-0.15, -0.1) is 0 Å². The molecular weight excluding hydrogens is 470 g/mol. The maximum Gasteiger partial charge on any atom is 0.244 e. The lowest BCUT2D eigenvalue weighted by Gasteiger charge is -2.31. The van der Waals surface area contributed by atoms with Crippen molar-refractivity contribution in [3.63, 3.8) is 0 Å². The molecule has 0 aromatic heterocycles. The largest absolute Gasteiger partial charge is 0.357 e. The SMILES string of the molecule is CNC(=O)C(C)N(Cc1ccc(Br)cc1)C(=O)CN(c1ccccc1C)S(C)(=O)=O. The van der Waals surface area contributed by atoms with Crippen LogP contribution in [0.1, 0.15) is 18.1 Å². The number of hydrogen-bond acceptors (Lipinski definition) is 4. The van der Waals surface area contributed by atoms with Crippen molar-refractivity contribution in [2.75, 3.05) is 24.2 Å². The first-order valence-corrected chi connectivity index (χ1v) is 12.0. The summed E-state index contributed by atoms with van der Waals surface area (Å²) in [5.74, 6) is -0.801. The molecule has 2 aromatic carbocycles. The lowest BCUT2D eigenvalue weighted by atomic mass is 10.1. The summed E-state index contributed by atoms with van der Waals surface area (Å²) in [6, 6.07) is 13.6. The highest BCUT2D eigenvalue weighted by Crippen LogP contribution is 2.23. The van der Waals surface area contributed by atoms with Crippen LogP contribution in [0.3, 0.4) is 0 Å². The molecule has 1 atom stereocenters. The molecule has 1 N–H and O–H groups in total. The molecule has 1 unspecified atom stereocenters. The molecule has 0 aliphatic rings. The zero-order valence-electron chi connectivity index (χ0n) is 17.4. The van der Waals surface area contributed by atoms with Gasteiger partial charge in [-0.1, -0.05) is 46.3 Å². The molecular formula is C21H26BrN3O4S. The molecule has 0 fully saturated rings. The van der Waals surface area contributed by atoms with E-state index in [-0.39, 0.29) is 12.5 Å². The van der Waals surface area contributed by atoms with Crippen LogP contribution in [-0.4, -0.2) is 51.0 Å². The highest BCUT2D eigenvalue weighted by molar-refractivity contribution is 9.10. The summed E-state index contributed by atoms with van der Waals surface area (Å²) in [6.45, 7) is 3.17. The molecule has 0 bridgehead atoms. The van der Waals surface area contributed by atoms with Gasteiger partial charge in [-0.3, -0.25) is 13.9 Å². The van der Waals surface area contributed by atoms with E-state index in [2.05, 4.69) is 21.2 Å². The predicted octanol–water partition coefficient (Wildman–Crippen LogP) is 2.69. The molecule has 0 spiro atoms. The average Bonchev–Trinajstić information content (AvgIpc) is 2.70. The fourth-order valence-electron chi connectivity index (χ4n) is 3.02. The highest BCUT2D eigenvalue weighted by Gasteiger charge is 2.30. The van der Waals surface area contributed by atoms with E-state index in [0.29, 0.717) is 5.69 Å². The number of anilines is 1. The van der Waals surface area contributed by atoms with Crippen LogP contribution in [0.5, 0.6) is 0 Å². The Morgan fingerprint density at radius 2 is 1.70 bits per heavy atom. The van der Waals surface area contributed by atoms with Gasteiger partial charge in [-0.05, 0) is 43.2 Å². The molecule has 9 heteroatoms. The number of sulfonamides is 1. The van der Waals surface area contributed by atoms with Crippen LogP contribution < -0.4 is 9.62 Å². The van der Waals surface area contributed by atoms with E-state index in [9.17, 15) is 18.0 Å². The molecule has 7 nitrogen and oxygen atoms in total. The number of para-hydroxylation sites is 1. The lowest BCUT2D eigenvalue weighted by Crippen LogP contribution is -2.50. The van der Waals surface area contributed by atoms with Gasteiger partial charge in [-0.2, -0.15) is 0 Å². The molecule has 30 heavy (non-hydrogen) atoms. The number of halogens is 1. The van der Waals surface area contributed by atoms with Crippen molar-refractivity contribution >= 4 is 43.5 Å². The molecule has 0 aliphatic heterocycles. The summed E-state index contributed by atoms with van der Waals surface area (Å²) < 4.78 is 26.9. The Balaban J connectivity index is 2.38. The van der Waals surface area contributed by atoms with Crippen LogP contribution in [0.4, 0.5) is 5.69 Å². The summed E-state index contributed by atoms with van der Waals surface area (Å²) >= 11 is 3.37. The van der Waals surface area contributed by atoms with Crippen LogP contribution in [0.15, 0.2) is 53.0 Å². The molecule has 0 saturated heterocycles. The molecule has 0 radical (unpaired) electrons. The van der Waals surface area contributed by atoms with Gasteiger partial charge in [0.1, 0.15) is 12.6 Å². The third-order valence-corrected chi connectivity index (χ3v) is 6.40. The second-order valence-corrected chi connectivity index (χ2v) is 9.82. The van der Waals surface area contributed by atoms with E-state index >= 15 is 0 Å². The Kier molecular flexibility index (Phi) is 8.03. The summed E-state index contributed by atoms with van der Waals surface area (Å²) in [7, 11) is -2.22. The number of carbonyl (C=O) groups excluding carboxylic acids is 2. The number of likely N-dealkylation sites (N-methyl/N-ethyl adjacent to an activating group) is 1. The Morgan fingerprint density at radius 3 is 2.23 bits per heavy atom. The molecule has 0 heterocycles. The quantitative estimate of drug-likeness (QED) is 0.609. The van der Waals surface area contributed by atoms with Crippen molar-refractivity contribution in [1.29, 1.82) is 0 Å². The number of aryl methyl sites for hydroxylation is 1. The number of benzene rings is 2. The first kappa shape index (κ1) is 23.9. The van der Waals surface area contributed by atoms with Gasteiger partial charge in [0.25, 0.3) is 0 Å². The van der Waals surface area contributed by atoms with E-state index in [1.54, 1.807) is 38.1 Å². The van der Waals surface area contributed by atoms with Gasteiger partial charge >= 0.3 is 0 Å². The van der Waals surface area contributed by atoms with Crippen molar-refractivity contribution in [2.24, 2.45) is 0 Å². The van der Waals surface area contributed by atoms with Crippen molar-refractivity contribution < 1.29 is 18.0 Å². The number of rotatable bonds is 8. The fraction of sp³-hybridized carbons (Fsp3) is 0.333. The Labute approximate surface area is 186 Å². The normalized spacial score (nSPS) is 12.2. The molecule has 2 rings (SSSR count). The lowest BCUT2D eigenvalue weighted by molar-refractivity contribution is -0.139. The minimum absolute atomic E-state index is 0.173. The number of nitrogens with one attached hydrogen (secondary N) is 1. The molecule has 0 saturated carbocycles. The fourth-order valence-corrected chi connectivity index (χ4v) is 4.19. The smallest absolute Gasteiger partial charge is 0.244 e. The van der Waals surface area contributed by atoms with Gasteiger partial charge in [0.15, 0.2) is 0 Å². The third kappa shape index (κ3) is 6.06. The summed E-state index contributed by atoms with van der Waals surface area (Å²) in [4.78, 5) is 26.9. The average molecular weight is 496 g/mol. The van der Waals surface area contributed by atoms with Crippen LogP contribution >= 0.6 is 15.9 Å². The maximum absolute atomic E-state index is 13.2. The second kappa shape index (κ2) is 10.1. The Morgan fingerprint density at radius 1 is 1.10 bits per heavy atom. The Hall–Kier alpha value is -2.39. The van der Waals surface area contributed by atoms with Gasteiger partial charge in [0.2, 0.25) is 21.8 Å². The van der Waals surface area contributed by atoms with E-state index < -0.39 is 28.5 Å². The topological polar surface area (TPSA) is 86.8 Å². The van der Waals surface area contributed by atoms with E-state index in [1.165, 1.54) is 11.9 Å². The minimum atomic E-state index is -3.72. The van der Waals surface area contributed by atoms with Crippen LogP contribution in [0.2, 0.25) is 0 Å². The van der Waals surface area contributed by atoms with Crippen molar-refractivity contribution in [1.82, 2.24) is 10.2 Å². The number of amides is 2.